The molecular formula is C18H26N4O2. The van der Waals surface area contributed by atoms with Gasteiger partial charge in [0.2, 0.25) is 11.8 Å². The Morgan fingerprint density at radius 3 is 2.54 bits per heavy atom. The molecule has 0 fully saturated rings. The van der Waals surface area contributed by atoms with E-state index in [1.54, 1.807) is 6.92 Å². The van der Waals surface area contributed by atoms with Crippen molar-refractivity contribution in [3.05, 3.63) is 47.6 Å². The first-order valence-electron chi connectivity index (χ1n) is 8.48. The van der Waals surface area contributed by atoms with Gasteiger partial charge < -0.3 is 9.84 Å². The van der Waals surface area contributed by atoms with Crippen LogP contribution < -0.4 is 5.32 Å². The fourth-order valence-corrected chi connectivity index (χ4v) is 2.76. The molecule has 1 aromatic heterocycles. The summed E-state index contributed by atoms with van der Waals surface area (Å²) >= 11 is 0. The molecule has 6 nitrogen and oxygen atoms in total. The van der Waals surface area contributed by atoms with Crippen molar-refractivity contribution in [1.82, 2.24) is 20.4 Å². The largest absolute Gasteiger partial charge is 0.354 e. The zero-order valence-electron chi connectivity index (χ0n) is 14.7. The Hall–Kier alpha value is -2.21. The van der Waals surface area contributed by atoms with Gasteiger partial charge in [0.1, 0.15) is 0 Å². The molecular weight excluding hydrogens is 304 g/mol. The van der Waals surface area contributed by atoms with E-state index in [0.29, 0.717) is 31.1 Å². The van der Waals surface area contributed by atoms with Crippen LogP contribution in [0, 0.1) is 6.92 Å². The number of carbonyl (C=O) groups excluding carboxylic acids is 1. The lowest BCUT2D eigenvalue weighted by Crippen LogP contribution is -2.38. The Bertz CT molecular complexity index is 623. The van der Waals surface area contributed by atoms with Crippen LogP contribution in [-0.4, -0.2) is 40.6 Å². The highest BCUT2D eigenvalue weighted by molar-refractivity contribution is 5.76. The molecule has 1 amide bonds. The molecule has 2 aromatic rings. The summed E-state index contributed by atoms with van der Waals surface area (Å²) in [5, 5.41) is 6.77. The van der Waals surface area contributed by atoms with Crippen molar-refractivity contribution in [2.45, 2.75) is 39.7 Å². The van der Waals surface area contributed by atoms with Gasteiger partial charge in [-0.2, -0.15) is 4.98 Å². The predicted molar refractivity (Wildman–Crippen MR) is 92.5 cm³/mol. The average molecular weight is 330 g/mol. The zero-order chi connectivity index (χ0) is 17.4. The van der Waals surface area contributed by atoms with E-state index in [0.717, 1.165) is 13.1 Å². The summed E-state index contributed by atoms with van der Waals surface area (Å²) in [5.41, 5.74) is 1.22. The molecule has 0 saturated heterocycles. The number of nitrogens with one attached hydrogen (secondary N) is 1. The molecule has 2 rings (SSSR count). The quantitative estimate of drug-likeness (QED) is 0.765. The summed E-state index contributed by atoms with van der Waals surface area (Å²) in [6, 6.07) is 10.5. The van der Waals surface area contributed by atoms with Gasteiger partial charge in [0, 0.05) is 19.4 Å². The lowest BCUT2D eigenvalue weighted by molar-refractivity contribution is -0.121. The topological polar surface area (TPSA) is 71.3 Å². The van der Waals surface area contributed by atoms with Crippen LogP contribution in [0.4, 0.5) is 0 Å². The normalized spacial score (nSPS) is 12.3. The van der Waals surface area contributed by atoms with Crippen molar-refractivity contribution >= 4 is 5.91 Å². The predicted octanol–water partition coefficient (Wildman–Crippen LogP) is 2.51. The monoisotopic (exact) mass is 330 g/mol. The number of carbonyl (C=O) groups is 1. The van der Waals surface area contributed by atoms with Crippen LogP contribution in [0.2, 0.25) is 0 Å². The highest BCUT2D eigenvalue weighted by Crippen LogP contribution is 2.19. The third kappa shape index (κ3) is 5.16. The van der Waals surface area contributed by atoms with Crippen molar-refractivity contribution in [3.63, 3.8) is 0 Å². The van der Waals surface area contributed by atoms with Crippen molar-refractivity contribution < 1.29 is 9.32 Å². The maximum Gasteiger partial charge on any atom is 0.227 e. The van der Waals surface area contributed by atoms with Crippen LogP contribution in [-0.2, 0) is 11.2 Å². The number of nitrogens with zero attached hydrogens (tertiary/aromatic N) is 3. The molecule has 1 unspecified atom stereocenters. The van der Waals surface area contributed by atoms with Crippen LogP contribution >= 0.6 is 0 Å². The van der Waals surface area contributed by atoms with Crippen LogP contribution in [0.5, 0.6) is 0 Å². The number of hydrogen-bond acceptors (Lipinski definition) is 5. The minimum Gasteiger partial charge on any atom is -0.354 e. The van der Waals surface area contributed by atoms with Gasteiger partial charge in [0.25, 0.3) is 0 Å². The molecule has 0 aliphatic rings. The van der Waals surface area contributed by atoms with Gasteiger partial charge in [-0.25, -0.2) is 0 Å². The van der Waals surface area contributed by atoms with Gasteiger partial charge in [-0.3, -0.25) is 9.69 Å². The number of aryl methyl sites for hydroxylation is 2. The van der Waals surface area contributed by atoms with Gasteiger partial charge in [-0.15, -0.1) is 0 Å². The van der Waals surface area contributed by atoms with Crippen LogP contribution in [0.15, 0.2) is 34.9 Å². The Balaban J connectivity index is 1.90. The summed E-state index contributed by atoms with van der Waals surface area (Å²) in [5.74, 6) is 1.10. The molecule has 130 valence electrons. The van der Waals surface area contributed by atoms with Gasteiger partial charge in [-0.05, 0) is 25.6 Å². The number of benzene rings is 1. The maximum atomic E-state index is 12.1. The van der Waals surface area contributed by atoms with E-state index >= 15 is 0 Å². The molecule has 0 bridgehead atoms. The first-order chi connectivity index (χ1) is 11.6. The molecule has 1 heterocycles. The Morgan fingerprint density at radius 1 is 1.25 bits per heavy atom. The second kappa shape index (κ2) is 9.17. The van der Waals surface area contributed by atoms with Crippen molar-refractivity contribution in [1.29, 1.82) is 0 Å². The van der Waals surface area contributed by atoms with E-state index in [1.165, 1.54) is 5.56 Å². The number of amides is 1. The lowest BCUT2D eigenvalue weighted by Gasteiger charge is -2.30. The first kappa shape index (κ1) is 18.1. The summed E-state index contributed by atoms with van der Waals surface area (Å²) in [4.78, 5) is 18.6. The molecule has 1 atom stereocenters. The van der Waals surface area contributed by atoms with E-state index < -0.39 is 0 Å². The minimum atomic E-state index is -0.000981. The highest BCUT2D eigenvalue weighted by atomic mass is 16.5. The van der Waals surface area contributed by atoms with Gasteiger partial charge in [-0.1, -0.05) is 49.3 Å². The summed E-state index contributed by atoms with van der Waals surface area (Å²) in [6.07, 6.45) is 0.815. The molecule has 0 saturated carbocycles. The Morgan fingerprint density at radius 2 is 1.96 bits per heavy atom. The number of aromatic nitrogens is 2. The van der Waals surface area contributed by atoms with Gasteiger partial charge in [0.05, 0.1) is 6.04 Å². The van der Waals surface area contributed by atoms with Crippen molar-refractivity contribution in [2.24, 2.45) is 0 Å². The summed E-state index contributed by atoms with van der Waals surface area (Å²) < 4.78 is 5.03. The molecule has 0 spiro atoms. The van der Waals surface area contributed by atoms with Crippen molar-refractivity contribution in [3.8, 4) is 0 Å². The number of hydrogen-bond donors (Lipinski definition) is 1. The van der Waals surface area contributed by atoms with E-state index in [4.69, 9.17) is 4.52 Å². The highest BCUT2D eigenvalue weighted by Gasteiger charge is 2.18. The first-order valence-corrected chi connectivity index (χ1v) is 8.48. The van der Waals surface area contributed by atoms with E-state index in [2.05, 4.69) is 46.3 Å². The van der Waals surface area contributed by atoms with Crippen LogP contribution in [0.25, 0.3) is 0 Å². The smallest absolute Gasteiger partial charge is 0.227 e. The number of likely N-dealkylation sites (N-methyl/N-ethyl adjacent to an activating group) is 1. The molecule has 1 N–H and O–H groups in total. The Kier molecular flexibility index (Phi) is 6.93. The zero-order valence-corrected chi connectivity index (χ0v) is 14.7. The molecule has 24 heavy (non-hydrogen) atoms. The molecule has 1 aromatic carbocycles. The molecule has 0 aliphatic carbocycles. The maximum absolute atomic E-state index is 12.1. The van der Waals surface area contributed by atoms with E-state index in [1.807, 2.05) is 18.2 Å². The summed E-state index contributed by atoms with van der Waals surface area (Å²) in [7, 11) is 0. The molecule has 0 aliphatic heterocycles. The fraction of sp³-hybridized carbons (Fsp3) is 0.500. The van der Waals surface area contributed by atoms with Crippen LogP contribution in [0.3, 0.4) is 0 Å². The fourth-order valence-electron chi connectivity index (χ4n) is 2.76. The van der Waals surface area contributed by atoms with Crippen LogP contribution in [0.1, 0.15) is 43.6 Å². The molecule has 0 radical (unpaired) electrons. The average Bonchev–Trinajstić information content (AvgIpc) is 3.03. The SMILES string of the molecule is CCN(CC)C(CNC(=O)CCc1nc(C)no1)c1ccccc1. The third-order valence-corrected chi connectivity index (χ3v) is 4.07. The third-order valence-electron chi connectivity index (χ3n) is 4.07. The summed E-state index contributed by atoms with van der Waals surface area (Å²) in [6.45, 7) is 8.51. The van der Waals surface area contributed by atoms with Gasteiger partial charge in [0.15, 0.2) is 5.82 Å². The second-order valence-electron chi connectivity index (χ2n) is 5.69. The van der Waals surface area contributed by atoms with E-state index in [-0.39, 0.29) is 11.9 Å². The van der Waals surface area contributed by atoms with Gasteiger partial charge >= 0.3 is 0 Å². The Labute approximate surface area is 143 Å². The minimum absolute atomic E-state index is 0.000981. The van der Waals surface area contributed by atoms with Crippen molar-refractivity contribution in [2.75, 3.05) is 19.6 Å². The standard InChI is InChI=1S/C18H26N4O2/c1-4-22(5-2)16(15-9-7-6-8-10-15)13-19-17(23)11-12-18-20-14(3)21-24-18/h6-10,16H,4-5,11-13H2,1-3H3,(H,19,23). The number of rotatable bonds is 9. The van der Waals surface area contributed by atoms with E-state index in [9.17, 15) is 4.79 Å². The lowest BCUT2D eigenvalue weighted by atomic mass is 10.0. The molecule has 6 heteroatoms. The second-order valence-corrected chi connectivity index (χ2v) is 5.69.